The van der Waals surface area contributed by atoms with Crippen LogP contribution in [-0.4, -0.2) is 49.8 Å². The maximum atomic E-state index is 13.6. The minimum atomic E-state index is -1.71. The van der Waals surface area contributed by atoms with Gasteiger partial charge in [0.1, 0.15) is 51.9 Å². The van der Waals surface area contributed by atoms with Crippen LogP contribution in [0.25, 0.3) is 33.1 Å². The minimum Gasteiger partial charge on any atom is -0.507 e. The Morgan fingerprint density at radius 1 is 0.923 bits per heavy atom. The van der Waals surface area contributed by atoms with Crippen LogP contribution in [0, 0.1) is 0 Å². The van der Waals surface area contributed by atoms with E-state index >= 15 is 0 Å². The second-order valence-electron chi connectivity index (χ2n) is 9.75. The number of rotatable bonds is 3. The van der Waals surface area contributed by atoms with Crippen LogP contribution < -0.4 is 10.2 Å². The lowest BCUT2D eigenvalue weighted by Crippen LogP contribution is -2.29. The first-order valence-corrected chi connectivity index (χ1v) is 12.3. The quantitative estimate of drug-likeness (QED) is 0.128. The lowest BCUT2D eigenvalue weighted by molar-refractivity contribution is 0.0134. The van der Waals surface area contributed by atoms with Crippen molar-refractivity contribution in [2.75, 3.05) is 7.11 Å². The molecule has 1 aliphatic heterocycles. The number of carbonyl (C=O) groups is 1. The highest BCUT2D eigenvalue weighted by Gasteiger charge is 2.43. The first kappa shape index (κ1) is 24.8. The van der Waals surface area contributed by atoms with E-state index in [1.807, 2.05) is 6.92 Å². The number of hydrogen-bond acceptors (Lipinski definition) is 11. The number of phenols is 4. The molecule has 0 fully saturated rings. The Morgan fingerprint density at radius 3 is 2.33 bits per heavy atom. The molecular formula is C28H24O11. The van der Waals surface area contributed by atoms with Gasteiger partial charge in [-0.2, -0.15) is 0 Å². The topological polar surface area (TPSA) is 187 Å². The molecule has 3 atom stereocenters. The summed E-state index contributed by atoms with van der Waals surface area (Å²) in [6.45, 7) is 1.94. The van der Waals surface area contributed by atoms with Gasteiger partial charge in [0.2, 0.25) is 5.43 Å². The van der Waals surface area contributed by atoms with Gasteiger partial charge in [-0.1, -0.05) is 19.4 Å². The van der Waals surface area contributed by atoms with E-state index in [1.54, 1.807) is 0 Å². The van der Waals surface area contributed by atoms with E-state index in [2.05, 4.69) is 0 Å². The average Bonchev–Trinajstić information content (AvgIpc) is 2.89. The van der Waals surface area contributed by atoms with E-state index in [-0.39, 0.29) is 45.6 Å². The summed E-state index contributed by atoms with van der Waals surface area (Å²) in [5.41, 5.74) is -2.08. The number of aliphatic hydroxyl groups excluding tert-OH is 2. The molecule has 0 saturated carbocycles. The fourth-order valence-corrected chi connectivity index (χ4v) is 5.81. The zero-order valence-corrected chi connectivity index (χ0v) is 20.8. The van der Waals surface area contributed by atoms with Crippen molar-refractivity contribution >= 4 is 27.9 Å². The Labute approximate surface area is 219 Å². The van der Waals surface area contributed by atoms with Gasteiger partial charge in [0.25, 0.3) is 0 Å². The van der Waals surface area contributed by atoms with Gasteiger partial charge in [-0.05, 0) is 29.7 Å². The van der Waals surface area contributed by atoms with Crippen molar-refractivity contribution < 1.29 is 49.3 Å². The van der Waals surface area contributed by atoms with Crippen LogP contribution >= 0.6 is 0 Å². The standard InChI is InChI=1S/C28H24O11/c1-3-4-10-7-9-8-11-15(21(32)14(9)28(36)38-10)17-18(24(35)20(11)31)26(37-2)27-19(23(17)34)22(33)16-12(29)5-6-13(30)25(16)39-27/h5-6,8,10,20,24,29-32,34-35H,3-4,7H2,1-2H3/t10?,20-,24+/m1/s1. The molecule has 0 saturated heterocycles. The van der Waals surface area contributed by atoms with Crippen molar-refractivity contribution in [3.8, 4) is 39.9 Å². The zero-order valence-electron chi connectivity index (χ0n) is 20.8. The molecule has 3 aromatic carbocycles. The van der Waals surface area contributed by atoms with E-state index in [9.17, 15) is 40.2 Å². The maximum Gasteiger partial charge on any atom is 0.342 e. The van der Waals surface area contributed by atoms with Crippen LogP contribution in [0.2, 0.25) is 0 Å². The monoisotopic (exact) mass is 536 g/mol. The number of aromatic hydroxyl groups is 4. The predicted molar refractivity (Wildman–Crippen MR) is 136 cm³/mol. The van der Waals surface area contributed by atoms with Gasteiger partial charge in [0.15, 0.2) is 22.7 Å². The van der Waals surface area contributed by atoms with Gasteiger partial charge in [0, 0.05) is 23.1 Å². The fourth-order valence-electron chi connectivity index (χ4n) is 5.81. The van der Waals surface area contributed by atoms with E-state index in [0.717, 1.165) is 18.6 Å². The summed E-state index contributed by atoms with van der Waals surface area (Å²) in [5.74, 6) is -3.40. The third-order valence-corrected chi connectivity index (χ3v) is 7.51. The molecule has 1 unspecified atom stereocenters. The van der Waals surface area contributed by atoms with Crippen molar-refractivity contribution in [1.29, 1.82) is 0 Å². The molecule has 0 amide bonds. The Balaban J connectivity index is 1.76. The molecular weight excluding hydrogens is 512 g/mol. The lowest BCUT2D eigenvalue weighted by atomic mass is 9.77. The van der Waals surface area contributed by atoms with Gasteiger partial charge in [-0.15, -0.1) is 0 Å². The summed E-state index contributed by atoms with van der Waals surface area (Å²) >= 11 is 0. The third kappa shape index (κ3) is 3.23. The van der Waals surface area contributed by atoms with Crippen LogP contribution in [-0.2, 0) is 11.2 Å². The van der Waals surface area contributed by atoms with E-state index in [1.165, 1.54) is 13.2 Å². The third-order valence-electron chi connectivity index (χ3n) is 7.51. The number of carbonyl (C=O) groups excluding carboxylic acids is 1. The number of ether oxygens (including phenoxy) is 2. The van der Waals surface area contributed by atoms with Crippen LogP contribution in [0.3, 0.4) is 0 Å². The molecule has 6 rings (SSSR count). The van der Waals surface area contributed by atoms with Gasteiger partial charge < -0.3 is 44.5 Å². The largest absolute Gasteiger partial charge is 0.507 e. The molecule has 0 bridgehead atoms. The number of esters is 1. The van der Waals surface area contributed by atoms with Gasteiger partial charge >= 0.3 is 5.97 Å². The molecule has 6 N–H and O–H groups in total. The van der Waals surface area contributed by atoms with Crippen molar-refractivity contribution in [2.45, 2.75) is 44.5 Å². The molecule has 11 heteroatoms. The molecule has 1 aromatic heterocycles. The number of aliphatic hydroxyl groups is 2. The SMILES string of the molecule is CCCC1Cc2cc3c(c(O)c2C(=O)O1)-c1c(c(OC)c2oc4c(O)ccc(O)c4c(=O)c2c1O)[C@H](O)[C@@H]3O. The Bertz CT molecular complexity index is 1790. The molecule has 2 heterocycles. The number of cyclic esters (lactones) is 1. The van der Waals surface area contributed by atoms with E-state index in [0.29, 0.717) is 12.0 Å². The molecule has 1 aliphatic carbocycles. The number of phenolic OH excluding ortho intramolecular Hbond substituents is 4. The minimum absolute atomic E-state index is 0.0265. The van der Waals surface area contributed by atoms with Crippen LogP contribution in [0.5, 0.6) is 28.7 Å². The molecule has 11 nitrogen and oxygen atoms in total. The summed E-state index contributed by atoms with van der Waals surface area (Å²) in [7, 11) is 1.20. The molecule has 4 aromatic rings. The summed E-state index contributed by atoms with van der Waals surface area (Å²) in [6.07, 6.45) is -2.14. The van der Waals surface area contributed by atoms with E-state index < -0.39 is 69.1 Å². The molecule has 39 heavy (non-hydrogen) atoms. The summed E-state index contributed by atoms with van der Waals surface area (Å²) < 4.78 is 16.7. The number of methoxy groups -OCH3 is 1. The smallest absolute Gasteiger partial charge is 0.342 e. The molecule has 0 radical (unpaired) electrons. The molecule has 0 spiro atoms. The summed E-state index contributed by atoms with van der Waals surface area (Å²) in [5, 5.41) is 65.0. The highest BCUT2D eigenvalue weighted by Crippen LogP contribution is 2.58. The number of hydrogen-bond donors (Lipinski definition) is 6. The fraction of sp³-hybridized carbons (Fsp3) is 0.286. The highest BCUT2D eigenvalue weighted by molar-refractivity contribution is 6.07. The maximum absolute atomic E-state index is 13.6. The van der Waals surface area contributed by atoms with Crippen molar-refractivity contribution in [1.82, 2.24) is 0 Å². The van der Waals surface area contributed by atoms with Gasteiger partial charge in [-0.25, -0.2) is 4.79 Å². The van der Waals surface area contributed by atoms with Gasteiger partial charge in [-0.3, -0.25) is 4.79 Å². The second kappa shape index (κ2) is 8.52. The first-order chi connectivity index (χ1) is 18.6. The molecule has 2 aliphatic rings. The summed E-state index contributed by atoms with van der Waals surface area (Å²) in [4.78, 5) is 26.5. The lowest BCUT2D eigenvalue weighted by Gasteiger charge is -2.34. The highest BCUT2D eigenvalue weighted by atomic mass is 16.5. The Kier molecular flexibility index (Phi) is 5.42. The summed E-state index contributed by atoms with van der Waals surface area (Å²) in [6, 6.07) is 3.67. The van der Waals surface area contributed by atoms with Crippen molar-refractivity contribution in [3.05, 3.63) is 50.7 Å². The van der Waals surface area contributed by atoms with Gasteiger partial charge in [0.05, 0.1) is 7.11 Å². The van der Waals surface area contributed by atoms with Crippen molar-refractivity contribution in [2.24, 2.45) is 0 Å². The average molecular weight is 536 g/mol. The van der Waals surface area contributed by atoms with Crippen LogP contribution in [0.15, 0.2) is 27.4 Å². The zero-order chi connectivity index (χ0) is 27.9. The second-order valence-corrected chi connectivity index (χ2v) is 9.75. The van der Waals surface area contributed by atoms with E-state index in [4.69, 9.17) is 13.9 Å². The van der Waals surface area contributed by atoms with Crippen LogP contribution in [0.4, 0.5) is 0 Å². The normalized spacial score (nSPS) is 19.9. The predicted octanol–water partition coefficient (Wildman–Crippen LogP) is 3.41. The number of benzene rings is 3. The first-order valence-electron chi connectivity index (χ1n) is 12.3. The Morgan fingerprint density at radius 2 is 1.64 bits per heavy atom. The van der Waals surface area contributed by atoms with Crippen molar-refractivity contribution in [3.63, 3.8) is 0 Å². The Hall–Kier alpha value is -4.48. The number of fused-ring (bicyclic) bond motifs is 6. The molecule has 202 valence electrons. The van der Waals surface area contributed by atoms with Crippen LogP contribution in [0.1, 0.15) is 59.0 Å².